The van der Waals surface area contributed by atoms with E-state index in [1.165, 1.54) is 4.90 Å². The Labute approximate surface area is 197 Å². The fourth-order valence-electron chi connectivity index (χ4n) is 2.85. The van der Waals surface area contributed by atoms with Gasteiger partial charge >= 0.3 is 11.8 Å². The van der Waals surface area contributed by atoms with E-state index >= 15 is 0 Å². The Bertz CT molecular complexity index is 1310. The number of ether oxygens (including phenoxy) is 1. The number of carbonyl (C=O) groups is 2. The number of aromatic nitrogens is 4. The number of amides is 2. The largest absolute Gasteiger partial charge is 0.457 e. The number of hydrogen-bond donors (Lipinski definition) is 1. The molecule has 2 amide bonds. The van der Waals surface area contributed by atoms with Gasteiger partial charge in [-0.3, -0.25) is 14.3 Å². The number of halogens is 1. The van der Waals surface area contributed by atoms with Gasteiger partial charge in [0.05, 0.1) is 0 Å². The van der Waals surface area contributed by atoms with E-state index in [9.17, 15) is 9.59 Å². The van der Waals surface area contributed by atoms with Gasteiger partial charge in [-0.25, -0.2) is 0 Å². The highest BCUT2D eigenvalue weighted by Gasteiger charge is 2.18. The Morgan fingerprint density at radius 3 is 2.52 bits per heavy atom. The lowest BCUT2D eigenvalue weighted by atomic mass is 10.2. The monoisotopic (exact) mass is 510 g/mol. The maximum atomic E-state index is 12.6. The minimum absolute atomic E-state index is 0.0824. The smallest absolute Gasteiger partial charge is 0.316 e. The molecule has 168 valence electrons. The van der Waals surface area contributed by atoms with Crippen LogP contribution in [0, 0.1) is 0 Å². The van der Waals surface area contributed by atoms with E-state index < -0.39 is 0 Å². The molecule has 33 heavy (non-hydrogen) atoms. The summed E-state index contributed by atoms with van der Waals surface area (Å²) in [6.07, 6.45) is 1.74. The number of carbonyl (C=O) groups excluding carboxylic acids is 2. The zero-order chi connectivity index (χ0) is 23.5. The zero-order valence-corrected chi connectivity index (χ0v) is 19.5. The van der Waals surface area contributed by atoms with Crippen molar-refractivity contribution in [1.82, 2.24) is 24.8 Å². The molecule has 1 N–H and O–H groups in total. The Balaban J connectivity index is 1.48. The van der Waals surface area contributed by atoms with Crippen LogP contribution in [0.3, 0.4) is 0 Å². The van der Waals surface area contributed by atoms with Crippen molar-refractivity contribution >= 4 is 33.6 Å². The van der Waals surface area contributed by atoms with Gasteiger partial charge in [0.25, 0.3) is 5.91 Å². The summed E-state index contributed by atoms with van der Waals surface area (Å²) in [5.74, 6) is 1.01. The summed E-state index contributed by atoms with van der Waals surface area (Å²) in [6, 6.07) is 13.7. The third-order valence-corrected chi connectivity index (χ3v) is 4.91. The molecule has 0 bridgehead atoms. The van der Waals surface area contributed by atoms with Crippen LogP contribution in [0.25, 0.3) is 11.4 Å². The number of rotatable bonds is 6. The molecule has 0 spiro atoms. The van der Waals surface area contributed by atoms with Crippen LogP contribution in [0.1, 0.15) is 21.0 Å². The van der Waals surface area contributed by atoms with Crippen LogP contribution in [0.2, 0.25) is 0 Å². The molecule has 0 aliphatic rings. The molecule has 0 saturated heterocycles. The van der Waals surface area contributed by atoms with E-state index in [1.54, 1.807) is 80.6 Å². The molecule has 0 fully saturated rings. The van der Waals surface area contributed by atoms with Gasteiger partial charge in [0.1, 0.15) is 11.5 Å². The molecular formula is C22H19BrN6O4. The molecule has 0 aliphatic heterocycles. The standard InChI is InChI=1S/C22H19BrN6O4/c1-28(2)22(31)21-25-19(27-33-21)13-4-6-16(7-5-13)32-17-11-14(10-15(23)12-17)20(30)24-18-8-9-29(3)26-18/h4-12H,1-3H3,(H,24,26,30). The SMILES string of the molecule is CN(C)C(=O)c1nc(-c2ccc(Oc3cc(Br)cc(C(=O)Nc4ccn(C)n4)c3)cc2)no1. The average molecular weight is 511 g/mol. The van der Waals surface area contributed by atoms with Crippen LogP contribution in [0.15, 0.2) is 63.7 Å². The average Bonchev–Trinajstić information content (AvgIpc) is 3.42. The van der Waals surface area contributed by atoms with Crippen molar-refractivity contribution in [1.29, 1.82) is 0 Å². The Morgan fingerprint density at radius 1 is 1.09 bits per heavy atom. The van der Waals surface area contributed by atoms with Gasteiger partial charge in [0.2, 0.25) is 5.82 Å². The summed E-state index contributed by atoms with van der Waals surface area (Å²) >= 11 is 3.41. The van der Waals surface area contributed by atoms with Gasteiger partial charge < -0.3 is 19.5 Å². The number of aryl methyl sites for hydroxylation is 1. The van der Waals surface area contributed by atoms with E-state index in [0.717, 1.165) is 0 Å². The normalized spacial score (nSPS) is 10.7. The van der Waals surface area contributed by atoms with Crippen molar-refractivity contribution in [2.75, 3.05) is 19.4 Å². The van der Waals surface area contributed by atoms with E-state index in [-0.39, 0.29) is 17.7 Å². The fourth-order valence-corrected chi connectivity index (χ4v) is 3.32. The second kappa shape index (κ2) is 9.25. The first-order valence-electron chi connectivity index (χ1n) is 9.74. The lowest BCUT2D eigenvalue weighted by molar-refractivity contribution is 0.0779. The van der Waals surface area contributed by atoms with Crippen LogP contribution >= 0.6 is 15.9 Å². The van der Waals surface area contributed by atoms with E-state index in [0.29, 0.717) is 38.7 Å². The van der Waals surface area contributed by atoms with Crippen molar-refractivity contribution < 1.29 is 18.8 Å². The van der Waals surface area contributed by atoms with Crippen molar-refractivity contribution in [3.8, 4) is 22.9 Å². The Hall–Kier alpha value is -3.99. The maximum Gasteiger partial charge on any atom is 0.316 e. The second-order valence-corrected chi connectivity index (χ2v) is 8.17. The minimum Gasteiger partial charge on any atom is -0.457 e. The molecule has 11 heteroatoms. The van der Waals surface area contributed by atoms with Crippen molar-refractivity contribution in [2.24, 2.45) is 7.05 Å². The molecular weight excluding hydrogens is 492 g/mol. The van der Waals surface area contributed by atoms with Gasteiger partial charge in [-0.05, 0) is 42.5 Å². The highest BCUT2D eigenvalue weighted by atomic mass is 79.9. The van der Waals surface area contributed by atoms with Crippen molar-refractivity contribution in [2.45, 2.75) is 0 Å². The quantitative estimate of drug-likeness (QED) is 0.417. The summed E-state index contributed by atoms with van der Waals surface area (Å²) in [7, 11) is 4.98. The van der Waals surface area contributed by atoms with E-state index in [1.807, 2.05) is 0 Å². The van der Waals surface area contributed by atoms with Crippen LogP contribution in [0.5, 0.6) is 11.5 Å². The summed E-state index contributed by atoms with van der Waals surface area (Å²) in [6.45, 7) is 0. The molecule has 2 heterocycles. The first-order chi connectivity index (χ1) is 15.8. The fraction of sp³-hybridized carbons (Fsp3) is 0.136. The van der Waals surface area contributed by atoms with Gasteiger partial charge in [0.15, 0.2) is 5.82 Å². The summed E-state index contributed by atoms with van der Waals surface area (Å²) < 4.78 is 13.2. The first-order valence-corrected chi connectivity index (χ1v) is 10.5. The number of hydrogen-bond acceptors (Lipinski definition) is 7. The molecule has 4 aromatic rings. The zero-order valence-electron chi connectivity index (χ0n) is 17.9. The molecule has 0 aliphatic carbocycles. The van der Waals surface area contributed by atoms with Crippen molar-refractivity contribution in [3.05, 3.63) is 70.7 Å². The van der Waals surface area contributed by atoms with Crippen LogP contribution < -0.4 is 10.1 Å². The number of nitrogens with one attached hydrogen (secondary N) is 1. The number of nitrogens with zero attached hydrogens (tertiary/aromatic N) is 5. The third kappa shape index (κ3) is 5.26. The van der Waals surface area contributed by atoms with Crippen LogP contribution in [0.4, 0.5) is 5.82 Å². The lowest BCUT2D eigenvalue weighted by Crippen LogP contribution is -2.21. The van der Waals surface area contributed by atoms with Crippen molar-refractivity contribution in [3.63, 3.8) is 0 Å². The lowest BCUT2D eigenvalue weighted by Gasteiger charge is -2.09. The van der Waals surface area contributed by atoms with E-state index in [2.05, 4.69) is 36.5 Å². The first kappa shape index (κ1) is 22.2. The topological polar surface area (TPSA) is 115 Å². The van der Waals surface area contributed by atoms with Crippen LogP contribution in [-0.2, 0) is 7.05 Å². The molecule has 0 atom stereocenters. The second-order valence-electron chi connectivity index (χ2n) is 7.25. The van der Waals surface area contributed by atoms with Crippen LogP contribution in [-0.4, -0.2) is 50.7 Å². The number of anilines is 1. The van der Waals surface area contributed by atoms with Gasteiger partial charge in [0, 0.05) is 49.0 Å². The highest BCUT2D eigenvalue weighted by molar-refractivity contribution is 9.10. The molecule has 0 saturated carbocycles. The summed E-state index contributed by atoms with van der Waals surface area (Å²) in [5.41, 5.74) is 1.07. The minimum atomic E-state index is -0.369. The summed E-state index contributed by atoms with van der Waals surface area (Å²) in [5, 5.41) is 10.7. The predicted octanol–water partition coefficient (Wildman–Crippen LogP) is 3.98. The molecule has 2 aromatic carbocycles. The highest BCUT2D eigenvalue weighted by Crippen LogP contribution is 2.28. The third-order valence-electron chi connectivity index (χ3n) is 4.45. The van der Waals surface area contributed by atoms with Gasteiger partial charge in [-0.2, -0.15) is 10.1 Å². The number of benzene rings is 2. The summed E-state index contributed by atoms with van der Waals surface area (Å²) in [4.78, 5) is 30.0. The molecule has 10 nitrogen and oxygen atoms in total. The molecule has 2 aromatic heterocycles. The molecule has 0 radical (unpaired) electrons. The van der Waals surface area contributed by atoms with Gasteiger partial charge in [-0.15, -0.1) is 0 Å². The Morgan fingerprint density at radius 2 is 1.85 bits per heavy atom. The maximum absolute atomic E-state index is 12.6. The molecule has 4 rings (SSSR count). The Kier molecular flexibility index (Phi) is 6.22. The predicted molar refractivity (Wildman–Crippen MR) is 123 cm³/mol. The molecule has 0 unspecified atom stereocenters. The van der Waals surface area contributed by atoms with Gasteiger partial charge in [-0.1, -0.05) is 21.1 Å². The van der Waals surface area contributed by atoms with E-state index in [4.69, 9.17) is 9.26 Å².